The van der Waals surface area contributed by atoms with E-state index >= 15 is 0 Å². The van der Waals surface area contributed by atoms with Crippen molar-refractivity contribution in [3.63, 3.8) is 0 Å². The minimum Gasteiger partial charge on any atom is -0.478 e. The van der Waals surface area contributed by atoms with Gasteiger partial charge in [-0.3, -0.25) is 0 Å². The molecule has 1 heterocycles. The highest BCUT2D eigenvalue weighted by Crippen LogP contribution is 2.24. The lowest BCUT2D eigenvalue weighted by molar-refractivity contribution is -0.130. The Hall–Kier alpha value is -1.87. The van der Waals surface area contributed by atoms with Gasteiger partial charge in [-0.1, -0.05) is 44.2 Å². The predicted octanol–water partition coefficient (Wildman–Crippen LogP) is 4.50. The SMILES string of the molecule is CC(C)c1ccc(C=C(C(=O)O)c2cccs2)cc1. The average Bonchev–Trinajstić information content (AvgIpc) is 2.89. The van der Waals surface area contributed by atoms with Crippen LogP contribution in [0.5, 0.6) is 0 Å². The van der Waals surface area contributed by atoms with Gasteiger partial charge in [0.05, 0.1) is 5.57 Å². The van der Waals surface area contributed by atoms with Crippen LogP contribution >= 0.6 is 11.3 Å². The van der Waals surface area contributed by atoms with E-state index in [0.717, 1.165) is 10.4 Å². The molecular weight excluding hydrogens is 256 g/mol. The van der Waals surface area contributed by atoms with E-state index < -0.39 is 5.97 Å². The fourth-order valence-electron chi connectivity index (χ4n) is 1.81. The third-order valence-corrected chi connectivity index (χ3v) is 3.83. The second-order valence-corrected chi connectivity index (χ2v) is 5.61. The molecule has 0 spiro atoms. The Kier molecular flexibility index (Phi) is 4.17. The maximum atomic E-state index is 11.3. The third kappa shape index (κ3) is 3.32. The van der Waals surface area contributed by atoms with Crippen LogP contribution in [0.3, 0.4) is 0 Å². The van der Waals surface area contributed by atoms with E-state index in [-0.39, 0.29) is 0 Å². The first-order valence-corrected chi connectivity index (χ1v) is 7.04. The van der Waals surface area contributed by atoms with Gasteiger partial charge >= 0.3 is 5.97 Å². The zero-order valence-corrected chi connectivity index (χ0v) is 11.8. The number of hydrogen-bond acceptors (Lipinski definition) is 2. The summed E-state index contributed by atoms with van der Waals surface area (Å²) in [6, 6.07) is 11.7. The van der Waals surface area contributed by atoms with Crippen molar-refractivity contribution in [2.75, 3.05) is 0 Å². The maximum absolute atomic E-state index is 11.3. The molecule has 19 heavy (non-hydrogen) atoms. The zero-order chi connectivity index (χ0) is 13.8. The van der Waals surface area contributed by atoms with Gasteiger partial charge in [-0.05, 0) is 34.6 Å². The van der Waals surface area contributed by atoms with Crippen molar-refractivity contribution in [3.05, 3.63) is 57.8 Å². The van der Waals surface area contributed by atoms with Crippen molar-refractivity contribution in [1.29, 1.82) is 0 Å². The van der Waals surface area contributed by atoms with E-state index in [2.05, 4.69) is 13.8 Å². The lowest BCUT2D eigenvalue weighted by atomic mass is 10.0. The lowest BCUT2D eigenvalue weighted by Crippen LogP contribution is -1.97. The molecule has 0 fully saturated rings. The quantitative estimate of drug-likeness (QED) is 0.832. The summed E-state index contributed by atoms with van der Waals surface area (Å²) in [5.41, 5.74) is 2.51. The second kappa shape index (κ2) is 5.85. The number of carbonyl (C=O) groups is 1. The van der Waals surface area contributed by atoms with Crippen LogP contribution in [0.15, 0.2) is 41.8 Å². The molecule has 0 aliphatic rings. The number of thiophene rings is 1. The maximum Gasteiger partial charge on any atom is 0.337 e. The zero-order valence-electron chi connectivity index (χ0n) is 11.0. The normalized spacial score (nSPS) is 11.8. The van der Waals surface area contributed by atoms with Crippen molar-refractivity contribution >= 4 is 29.0 Å². The van der Waals surface area contributed by atoms with Crippen molar-refractivity contribution in [2.45, 2.75) is 19.8 Å². The summed E-state index contributed by atoms with van der Waals surface area (Å²) in [5.74, 6) is -0.412. The van der Waals surface area contributed by atoms with Crippen LogP contribution in [0, 0.1) is 0 Å². The number of carboxylic acids is 1. The molecular formula is C16H16O2S. The molecule has 1 aromatic carbocycles. The van der Waals surface area contributed by atoms with E-state index in [1.165, 1.54) is 16.9 Å². The van der Waals surface area contributed by atoms with E-state index in [1.54, 1.807) is 6.08 Å². The minimum atomic E-state index is -0.893. The summed E-state index contributed by atoms with van der Waals surface area (Å²) in [5, 5.41) is 11.2. The summed E-state index contributed by atoms with van der Waals surface area (Å²) in [6.07, 6.45) is 1.72. The van der Waals surface area contributed by atoms with Crippen molar-refractivity contribution in [1.82, 2.24) is 0 Å². The Labute approximate surface area is 117 Å². The van der Waals surface area contributed by atoms with E-state index in [9.17, 15) is 9.90 Å². The van der Waals surface area contributed by atoms with Gasteiger partial charge in [0.2, 0.25) is 0 Å². The Morgan fingerprint density at radius 3 is 2.37 bits per heavy atom. The molecule has 3 heteroatoms. The minimum absolute atomic E-state index is 0.340. The summed E-state index contributed by atoms with van der Waals surface area (Å²) in [7, 11) is 0. The Balaban J connectivity index is 2.34. The molecule has 0 atom stereocenters. The molecule has 0 saturated carbocycles. The number of aliphatic carboxylic acids is 1. The van der Waals surface area contributed by atoms with Crippen LogP contribution in [0.2, 0.25) is 0 Å². The van der Waals surface area contributed by atoms with Crippen molar-refractivity contribution < 1.29 is 9.90 Å². The Morgan fingerprint density at radius 2 is 1.89 bits per heavy atom. The van der Waals surface area contributed by atoms with Gasteiger partial charge < -0.3 is 5.11 Å². The van der Waals surface area contributed by atoms with Gasteiger partial charge in [-0.25, -0.2) is 4.79 Å². The molecule has 2 rings (SSSR count). The first-order chi connectivity index (χ1) is 9.08. The highest BCUT2D eigenvalue weighted by atomic mass is 32.1. The summed E-state index contributed by atoms with van der Waals surface area (Å²) in [6.45, 7) is 4.28. The summed E-state index contributed by atoms with van der Waals surface area (Å²) >= 11 is 1.44. The number of benzene rings is 1. The van der Waals surface area contributed by atoms with Crippen LogP contribution < -0.4 is 0 Å². The van der Waals surface area contributed by atoms with E-state index in [1.807, 2.05) is 41.8 Å². The largest absolute Gasteiger partial charge is 0.478 e. The highest BCUT2D eigenvalue weighted by Gasteiger charge is 2.11. The topological polar surface area (TPSA) is 37.3 Å². The molecule has 1 N–H and O–H groups in total. The predicted molar refractivity (Wildman–Crippen MR) is 80.4 cm³/mol. The summed E-state index contributed by atoms with van der Waals surface area (Å²) < 4.78 is 0. The molecule has 0 amide bonds. The van der Waals surface area contributed by atoms with E-state index in [0.29, 0.717) is 11.5 Å². The van der Waals surface area contributed by atoms with E-state index in [4.69, 9.17) is 0 Å². The monoisotopic (exact) mass is 272 g/mol. The Morgan fingerprint density at radius 1 is 1.21 bits per heavy atom. The fraction of sp³-hybridized carbons (Fsp3) is 0.188. The van der Waals surface area contributed by atoms with Gasteiger partial charge in [0.15, 0.2) is 0 Å². The molecule has 0 aliphatic heterocycles. The van der Waals surface area contributed by atoms with Crippen LogP contribution in [0.1, 0.15) is 35.8 Å². The molecule has 1 aromatic heterocycles. The highest BCUT2D eigenvalue weighted by molar-refractivity contribution is 7.11. The van der Waals surface area contributed by atoms with Crippen LogP contribution in [-0.4, -0.2) is 11.1 Å². The molecule has 0 saturated heterocycles. The number of carboxylic acid groups (broad SMARTS) is 1. The van der Waals surface area contributed by atoms with Gasteiger partial charge in [0.1, 0.15) is 0 Å². The first-order valence-electron chi connectivity index (χ1n) is 6.16. The van der Waals surface area contributed by atoms with Crippen LogP contribution in [0.25, 0.3) is 11.6 Å². The van der Waals surface area contributed by atoms with Gasteiger partial charge in [-0.15, -0.1) is 11.3 Å². The van der Waals surface area contributed by atoms with Gasteiger partial charge in [0.25, 0.3) is 0 Å². The molecule has 0 unspecified atom stereocenters. The molecule has 0 radical (unpaired) electrons. The van der Waals surface area contributed by atoms with Gasteiger partial charge in [0, 0.05) is 4.88 Å². The average molecular weight is 272 g/mol. The Bertz CT molecular complexity index is 578. The summed E-state index contributed by atoms with van der Waals surface area (Å²) in [4.78, 5) is 12.1. The standard InChI is InChI=1S/C16H16O2S/c1-11(2)13-7-5-12(6-8-13)10-14(16(17)18)15-4-3-9-19-15/h3-11H,1-2H3,(H,17,18). The van der Waals surface area contributed by atoms with Crippen molar-refractivity contribution in [2.24, 2.45) is 0 Å². The number of hydrogen-bond donors (Lipinski definition) is 1. The molecule has 98 valence electrons. The second-order valence-electron chi connectivity index (χ2n) is 4.66. The molecule has 0 aliphatic carbocycles. The molecule has 0 bridgehead atoms. The lowest BCUT2D eigenvalue weighted by Gasteiger charge is -2.05. The molecule has 2 nitrogen and oxygen atoms in total. The van der Waals surface area contributed by atoms with Gasteiger partial charge in [-0.2, -0.15) is 0 Å². The van der Waals surface area contributed by atoms with Crippen molar-refractivity contribution in [3.8, 4) is 0 Å². The molecule has 2 aromatic rings. The van der Waals surface area contributed by atoms with Crippen LogP contribution in [-0.2, 0) is 4.79 Å². The fourth-order valence-corrected chi connectivity index (χ4v) is 2.55. The smallest absolute Gasteiger partial charge is 0.337 e. The third-order valence-electron chi connectivity index (χ3n) is 2.93. The van der Waals surface area contributed by atoms with Crippen LogP contribution in [0.4, 0.5) is 0 Å². The number of rotatable bonds is 4. The first kappa shape index (κ1) is 13.6.